The summed E-state index contributed by atoms with van der Waals surface area (Å²) in [4.78, 5) is 0. The van der Waals surface area contributed by atoms with Gasteiger partial charge in [-0.1, -0.05) is 18.2 Å². The van der Waals surface area contributed by atoms with Crippen molar-refractivity contribution in [3.63, 3.8) is 0 Å². The molecular formula is C8H11N3S. The van der Waals surface area contributed by atoms with Crippen LogP contribution in [0.25, 0.3) is 0 Å². The smallest absolute Gasteiger partial charge is 0.185 e. The zero-order valence-electron chi connectivity index (χ0n) is 6.79. The van der Waals surface area contributed by atoms with Crippen LogP contribution in [0, 0.1) is 0 Å². The van der Waals surface area contributed by atoms with Gasteiger partial charge in [0.1, 0.15) is 0 Å². The van der Waals surface area contributed by atoms with E-state index in [9.17, 15) is 0 Å². The van der Waals surface area contributed by atoms with Gasteiger partial charge in [0.2, 0.25) is 0 Å². The molecule has 1 aromatic carbocycles. The first-order valence-corrected chi connectivity index (χ1v) is 4.02. The largest absolute Gasteiger partial charge is 0.332 e. The molecule has 0 saturated carbocycles. The highest BCUT2D eigenvalue weighted by Crippen LogP contribution is 2.03. The van der Waals surface area contributed by atoms with Crippen LogP contribution < -0.4 is 16.2 Å². The van der Waals surface area contributed by atoms with Crippen molar-refractivity contribution in [1.29, 1.82) is 0 Å². The van der Waals surface area contributed by atoms with Gasteiger partial charge in [0.05, 0.1) is 0 Å². The first-order valence-electron chi connectivity index (χ1n) is 3.61. The molecule has 0 saturated heterocycles. The lowest BCUT2D eigenvalue weighted by Crippen LogP contribution is -2.37. The van der Waals surface area contributed by atoms with E-state index in [1.807, 2.05) is 30.3 Å². The zero-order valence-corrected chi connectivity index (χ0v) is 7.61. The van der Waals surface area contributed by atoms with E-state index in [2.05, 4.69) is 16.2 Å². The van der Waals surface area contributed by atoms with Crippen molar-refractivity contribution in [3.8, 4) is 0 Å². The fraction of sp³-hybridized carbons (Fsp3) is 0.125. The first-order chi connectivity index (χ1) is 5.83. The summed E-state index contributed by atoms with van der Waals surface area (Å²) in [5.74, 6) is 0. The number of hydrogen-bond acceptors (Lipinski definition) is 2. The van der Waals surface area contributed by atoms with Crippen LogP contribution in [0.2, 0.25) is 0 Å². The zero-order chi connectivity index (χ0) is 8.81. The molecule has 0 bridgehead atoms. The van der Waals surface area contributed by atoms with Crippen LogP contribution in [-0.2, 0) is 0 Å². The van der Waals surface area contributed by atoms with Crippen LogP contribution >= 0.6 is 12.2 Å². The second kappa shape index (κ2) is 4.69. The number of hydrazine groups is 1. The number of para-hydroxylation sites is 1. The molecule has 3 N–H and O–H groups in total. The number of thiocarbonyl (C=S) groups is 1. The van der Waals surface area contributed by atoms with E-state index in [1.165, 1.54) is 0 Å². The van der Waals surface area contributed by atoms with Crippen molar-refractivity contribution < 1.29 is 0 Å². The lowest BCUT2D eigenvalue weighted by atomic mass is 10.3. The van der Waals surface area contributed by atoms with Gasteiger partial charge < -0.3 is 5.32 Å². The monoisotopic (exact) mass is 181 g/mol. The highest BCUT2D eigenvalue weighted by atomic mass is 32.1. The topological polar surface area (TPSA) is 36.1 Å². The molecule has 0 aliphatic carbocycles. The van der Waals surface area contributed by atoms with Crippen LogP contribution in [0.1, 0.15) is 0 Å². The van der Waals surface area contributed by atoms with Gasteiger partial charge in [-0.3, -0.25) is 5.43 Å². The summed E-state index contributed by atoms with van der Waals surface area (Å²) in [6, 6.07) is 9.75. The van der Waals surface area contributed by atoms with E-state index in [0.717, 1.165) is 5.69 Å². The second-order valence-electron chi connectivity index (χ2n) is 2.20. The van der Waals surface area contributed by atoms with E-state index in [-0.39, 0.29) is 0 Å². The van der Waals surface area contributed by atoms with Crippen molar-refractivity contribution in [2.75, 3.05) is 12.4 Å². The SMILES string of the molecule is CNNC(=S)Nc1ccccc1. The predicted molar refractivity (Wildman–Crippen MR) is 54.9 cm³/mol. The summed E-state index contributed by atoms with van der Waals surface area (Å²) >= 11 is 4.95. The van der Waals surface area contributed by atoms with Crippen molar-refractivity contribution in [3.05, 3.63) is 30.3 Å². The molecule has 1 aromatic rings. The average molecular weight is 181 g/mol. The van der Waals surface area contributed by atoms with Gasteiger partial charge in [0.15, 0.2) is 5.11 Å². The fourth-order valence-corrected chi connectivity index (χ4v) is 1.02. The number of anilines is 1. The first kappa shape index (κ1) is 8.96. The van der Waals surface area contributed by atoms with E-state index in [0.29, 0.717) is 5.11 Å². The normalized spacial score (nSPS) is 9.08. The number of rotatable bonds is 2. The minimum absolute atomic E-state index is 0.559. The summed E-state index contributed by atoms with van der Waals surface area (Å²) in [5.41, 5.74) is 6.48. The standard InChI is InChI=1S/C8H11N3S/c1-9-11-8(12)10-7-5-3-2-4-6-7/h2-6,9H,1H3,(H2,10,11,12). The van der Waals surface area contributed by atoms with Gasteiger partial charge in [-0.05, 0) is 24.4 Å². The van der Waals surface area contributed by atoms with Gasteiger partial charge in [-0.15, -0.1) is 0 Å². The molecule has 4 heteroatoms. The third-order valence-corrected chi connectivity index (χ3v) is 1.47. The van der Waals surface area contributed by atoms with Gasteiger partial charge >= 0.3 is 0 Å². The lowest BCUT2D eigenvalue weighted by molar-refractivity contribution is 0.776. The molecule has 3 nitrogen and oxygen atoms in total. The molecule has 0 aromatic heterocycles. The highest BCUT2D eigenvalue weighted by molar-refractivity contribution is 7.80. The average Bonchev–Trinajstić information content (AvgIpc) is 2.06. The third kappa shape index (κ3) is 2.86. The molecule has 0 aliphatic heterocycles. The Bertz CT molecular complexity index is 248. The Labute approximate surface area is 77.1 Å². The van der Waals surface area contributed by atoms with Crippen LogP contribution in [0.3, 0.4) is 0 Å². The Morgan fingerprint density at radius 1 is 1.25 bits per heavy atom. The number of benzene rings is 1. The molecule has 1 rings (SSSR count). The molecule has 0 radical (unpaired) electrons. The Hall–Kier alpha value is -1.13. The highest BCUT2D eigenvalue weighted by Gasteiger charge is 1.92. The maximum atomic E-state index is 4.95. The molecule has 0 unspecified atom stereocenters. The van der Waals surface area contributed by atoms with E-state index >= 15 is 0 Å². The molecule has 0 spiro atoms. The van der Waals surface area contributed by atoms with Gasteiger partial charge in [0, 0.05) is 12.7 Å². The van der Waals surface area contributed by atoms with E-state index in [4.69, 9.17) is 12.2 Å². The molecule has 0 heterocycles. The number of hydrogen-bond donors (Lipinski definition) is 3. The van der Waals surface area contributed by atoms with Gasteiger partial charge in [-0.2, -0.15) is 0 Å². The molecule has 0 amide bonds. The summed E-state index contributed by atoms with van der Waals surface area (Å²) in [6.45, 7) is 0. The van der Waals surface area contributed by atoms with Crippen LogP contribution in [0.4, 0.5) is 5.69 Å². The van der Waals surface area contributed by atoms with Crippen LogP contribution in [0.15, 0.2) is 30.3 Å². The van der Waals surface area contributed by atoms with Crippen molar-refractivity contribution in [2.45, 2.75) is 0 Å². The Morgan fingerprint density at radius 3 is 2.50 bits per heavy atom. The van der Waals surface area contributed by atoms with Gasteiger partial charge in [-0.25, -0.2) is 5.43 Å². The molecule has 0 aliphatic rings. The van der Waals surface area contributed by atoms with Crippen LogP contribution in [-0.4, -0.2) is 12.2 Å². The maximum Gasteiger partial charge on any atom is 0.185 e. The molecule has 12 heavy (non-hydrogen) atoms. The summed E-state index contributed by atoms with van der Waals surface area (Å²) in [7, 11) is 1.76. The van der Waals surface area contributed by atoms with E-state index < -0.39 is 0 Å². The van der Waals surface area contributed by atoms with Gasteiger partial charge in [0.25, 0.3) is 0 Å². The Morgan fingerprint density at radius 2 is 1.92 bits per heavy atom. The minimum Gasteiger partial charge on any atom is -0.332 e. The predicted octanol–water partition coefficient (Wildman–Crippen LogP) is 1.11. The molecule has 64 valence electrons. The minimum atomic E-state index is 0.559. The third-order valence-electron chi connectivity index (χ3n) is 1.27. The molecule has 0 atom stereocenters. The fourth-order valence-electron chi connectivity index (χ4n) is 0.797. The van der Waals surface area contributed by atoms with Crippen molar-refractivity contribution in [2.24, 2.45) is 0 Å². The van der Waals surface area contributed by atoms with Crippen molar-refractivity contribution in [1.82, 2.24) is 10.9 Å². The Kier molecular flexibility index (Phi) is 3.50. The summed E-state index contributed by atoms with van der Waals surface area (Å²) in [5, 5.41) is 3.56. The maximum absolute atomic E-state index is 4.95. The van der Waals surface area contributed by atoms with Crippen molar-refractivity contribution >= 4 is 23.0 Å². The number of nitrogens with one attached hydrogen (secondary N) is 3. The molecular weight excluding hydrogens is 170 g/mol. The van der Waals surface area contributed by atoms with E-state index in [1.54, 1.807) is 7.05 Å². The lowest BCUT2D eigenvalue weighted by Gasteiger charge is -2.08. The Balaban J connectivity index is 2.47. The molecule has 0 fully saturated rings. The second-order valence-corrected chi connectivity index (χ2v) is 2.60. The van der Waals surface area contributed by atoms with Crippen LogP contribution in [0.5, 0.6) is 0 Å². The quantitative estimate of drug-likeness (QED) is 0.472. The summed E-state index contributed by atoms with van der Waals surface area (Å²) < 4.78 is 0. The summed E-state index contributed by atoms with van der Waals surface area (Å²) in [6.07, 6.45) is 0.